The molecule has 0 amide bonds. The van der Waals surface area contributed by atoms with Gasteiger partial charge in [-0.05, 0) is 41.8 Å². The van der Waals surface area contributed by atoms with Crippen molar-refractivity contribution in [3.63, 3.8) is 0 Å². The molecular formula is C17H20O2. The number of ether oxygens (including phenoxy) is 1. The fourth-order valence-corrected chi connectivity index (χ4v) is 1.99. The van der Waals surface area contributed by atoms with E-state index in [0.29, 0.717) is 0 Å². The summed E-state index contributed by atoms with van der Waals surface area (Å²) in [6.07, 6.45) is 3.49. The molecule has 0 fully saturated rings. The molecule has 0 unspecified atom stereocenters. The van der Waals surface area contributed by atoms with Crippen LogP contribution < -0.4 is 4.74 Å². The van der Waals surface area contributed by atoms with E-state index in [4.69, 9.17) is 4.74 Å². The number of phenolic OH excluding ortho intramolecular Hbond substituents is 1. The summed E-state index contributed by atoms with van der Waals surface area (Å²) < 4.78 is 5.74. The molecule has 0 saturated carbocycles. The van der Waals surface area contributed by atoms with Gasteiger partial charge in [-0.3, -0.25) is 0 Å². The molecule has 2 aromatic carbocycles. The van der Waals surface area contributed by atoms with Gasteiger partial charge in [-0.1, -0.05) is 44.0 Å². The molecule has 1 N–H and O–H groups in total. The molecular weight excluding hydrogens is 236 g/mol. The van der Waals surface area contributed by atoms with E-state index in [-0.39, 0.29) is 5.75 Å². The summed E-state index contributed by atoms with van der Waals surface area (Å²) in [5.41, 5.74) is 2.06. The summed E-state index contributed by atoms with van der Waals surface area (Å²) >= 11 is 0. The van der Waals surface area contributed by atoms with Crippen LogP contribution in [-0.4, -0.2) is 11.7 Å². The minimum atomic E-state index is 0.284. The number of rotatable bonds is 6. The third-order valence-corrected chi connectivity index (χ3v) is 3.03. The van der Waals surface area contributed by atoms with Crippen LogP contribution >= 0.6 is 0 Å². The molecule has 2 heteroatoms. The first-order valence-electron chi connectivity index (χ1n) is 6.82. The Bertz CT molecular complexity index is 520. The van der Waals surface area contributed by atoms with Gasteiger partial charge in [-0.25, -0.2) is 0 Å². The van der Waals surface area contributed by atoms with Gasteiger partial charge in [0.25, 0.3) is 0 Å². The van der Waals surface area contributed by atoms with Crippen molar-refractivity contribution in [2.75, 3.05) is 6.61 Å². The van der Waals surface area contributed by atoms with Crippen LogP contribution in [0.2, 0.25) is 0 Å². The van der Waals surface area contributed by atoms with Crippen LogP contribution in [-0.2, 0) is 0 Å². The lowest BCUT2D eigenvalue weighted by atomic mass is 10.1. The number of aromatic hydroxyl groups is 1. The summed E-state index contributed by atoms with van der Waals surface area (Å²) in [6.45, 7) is 2.94. The second kappa shape index (κ2) is 6.83. The Hall–Kier alpha value is -1.96. The molecule has 0 atom stereocenters. The van der Waals surface area contributed by atoms with Crippen molar-refractivity contribution in [3.8, 4) is 22.6 Å². The zero-order valence-corrected chi connectivity index (χ0v) is 11.3. The Morgan fingerprint density at radius 2 is 1.68 bits per heavy atom. The van der Waals surface area contributed by atoms with Gasteiger partial charge in [-0.2, -0.15) is 0 Å². The maximum absolute atomic E-state index is 9.51. The number of hydrogen-bond acceptors (Lipinski definition) is 2. The largest absolute Gasteiger partial charge is 0.508 e. The lowest BCUT2D eigenvalue weighted by Crippen LogP contribution is -1.96. The van der Waals surface area contributed by atoms with Crippen LogP contribution in [0.4, 0.5) is 0 Å². The highest BCUT2D eigenvalue weighted by Gasteiger charge is 2.01. The van der Waals surface area contributed by atoms with Crippen LogP contribution in [0.3, 0.4) is 0 Å². The summed E-state index contributed by atoms with van der Waals surface area (Å²) in [4.78, 5) is 0. The second-order valence-electron chi connectivity index (χ2n) is 4.63. The molecule has 0 radical (unpaired) electrons. The molecule has 100 valence electrons. The van der Waals surface area contributed by atoms with Crippen molar-refractivity contribution >= 4 is 0 Å². The Morgan fingerprint density at radius 3 is 2.42 bits per heavy atom. The van der Waals surface area contributed by atoms with E-state index >= 15 is 0 Å². The number of benzene rings is 2. The number of phenols is 1. The highest BCUT2D eigenvalue weighted by molar-refractivity contribution is 5.66. The van der Waals surface area contributed by atoms with Gasteiger partial charge < -0.3 is 9.84 Å². The molecule has 0 aliphatic rings. The predicted molar refractivity (Wildman–Crippen MR) is 78.6 cm³/mol. The van der Waals surface area contributed by atoms with Crippen LogP contribution in [0.25, 0.3) is 11.1 Å². The molecule has 0 bridgehead atoms. The second-order valence-corrected chi connectivity index (χ2v) is 4.63. The van der Waals surface area contributed by atoms with Gasteiger partial charge in [-0.15, -0.1) is 0 Å². The maximum atomic E-state index is 9.51. The van der Waals surface area contributed by atoms with Crippen LogP contribution in [0.15, 0.2) is 48.5 Å². The highest BCUT2D eigenvalue weighted by atomic mass is 16.5. The summed E-state index contributed by atoms with van der Waals surface area (Å²) in [5.74, 6) is 1.17. The Kier molecular flexibility index (Phi) is 4.85. The first kappa shape index (κ1) is 13.5. The molecule has 0 aliphatic carbocycles. The van der Waals surface area contributed by atoms with E-state index in [1.807, 2.05) is 36.4 Å². The molecule has 0 aliphatic heterocycles. The summed E-state index contributed by atoms with van der Waals surface area (Å²) in [5, 5.41) is 9.51. The molecule has 0 aromatic heterocycles. The molecule has 0 heterocycles. The predicted octanol–water partition coefficient (Wildman–Crippen LogP) is 4.63. The van der Waals surface area contributed by atoms with E-state index in [9.17, 15) is 5.11 Å². The van der Waals surface area contributed by atoms with E-state index in [1.54, 1.807) is 12.1 Å². The number of unbranched alkanes of at least 4 members (excludes halogenated alkanes) is 2. The van der Waals surface area contributed by atoms with Crippen LogP contribution in [0, 0.1) is 0 Å². The standard InChI is InChI=1S/C17H20O2/c1-2-3-4-11-19-17-10-6-8-15(13-17)14-7-5-9-16(18)12-14/h5-10,12-13,18H,2-4,11H2,1H3. The zero-order valence-electron chi connectivity index (χ0n) is 11.3. The molecule has 19 heavy (non-hydrogen) atoms. The van der Waals surface area contributed by atoms with E-state index in [0.717, 1.165) is 29.9 Å². The molecule has 2 aromatic rings. The van der Waals surface area contributed by atoms with Crippen molar-refractivity contribution < 1.29 is 9.84 Å². The average molecular weight is 256 g/mol. The Labute approximate surface area is 114 Å². The van der Waals surface area contributed by atoms with Crippen LogP contribution in [0.5, 0.6) is 11.5 Å². The topological polar surface area (TPSA) is 29.5 Å². The normalized spacial score (nSPS) is 10.4. The van der Waals surface area contributed by atoms with Crippen molar-refractivity contribution in [2.45, 2.75) is 26.2 Å². The zero-order chi connectivity index (χ0) is 13.5. The minimum absolute atomic E-state index is 0.284. The molecule has 0 spiro atoms. The number of hydrogen-bond donors (Lipinski definition) is 1. The smallest absolute Gasteiger partial charge is 0.119 e. The minimum Gasteiger partial charge on any atom is -0.508 e. The monoisotopic (exact) mass is 256 g/mol. The lowest BCUT2D eigenvalue weighted by molar-refractivity contribution is 0.306. The van der Waals surface area contributed by atoms with Crippen molar-refractivity contribution in [1.82, 2.24) is 0 Å². The fraction of sp³-hybridized carbons (Fsp3) is 0.294. The van der Waals surface area contributed by atoms with Crippen molar-refractivity contribution in [3.05, 3.63) is 48.5 Å². The van der Waals surface area contributed by atoms with E-state index in [2.05, 4.69) is 6.92 Å². The molecule has 2 rings (SSSR count). The van der Waals surface area contributed by atoms with Gasteiger partial charge in [0.15, 0.2) is 0 Å². The molecule has 0 saturated heterocycles. The van der Waals surface area contributed by atoms with Crippen molar-refractivity contribution in [2.24, 2.45) is 0 Å². The maximum Gasteiger partial charge on any atom is 0.119 e. The SMILES string of the molecule is CCCCCOc1cccc(-c2cccc(O)c2)c1. The third-order valence-electron chi connectivity index (χ3n) is 3.03. The van der Waals surface area contributed by atoms with Gasteiger partial charge in [0.1, 0.15) is 11.5 Å². The quantitative estimate of drug-likeness (QED) is 0.764. The Balaban J connectivity index is 2.06. The lowest BCUT2D eigenvalue weighted by Gasteiger charge is -2.08. The average Bonchev–Trinajstić information content (AvgIpc) is 2.44. The first-order valence-corrected chi connectivity index (χ1v) is 6.82. The summed E-state index contributed by atoms with van der Waals surface area (Å²) in [6, 6.07) is 15.3. The van der Waals surface area contributed by atoms with Crippen molar-refractivity contribution in [1.29, 1.82) is 0 Å². The third kappa shape index (κ3) is 4.02. The Morgan fingerprint density at radius 1 is 0.947 bits per heavy atom. The van der Waals surface area contributed by atoms with Gasteiger partial charge in [0, 0.05) is 0 Å². The van der Waals surface area contributed by atoms with E-state index < -0.39 is 0 Å². The highest BCUT2D eigenvalue weighted by Crippen LogP contribution is 2.26. The molecule has 2 nitrogen and oxygen atoms in total. The summed E-state index contributed by atoms with van der Waals surface area (Å²) in [7, 11) is 0. The van der Waals surface area contributed by atoms with Gasteiger partial charge in [0.2, 0.25) is 0 Å². The fourth-order valence-electron chi connectivity index (χ4n) is 1.99. The van der Waals surface area contributed by atoms with E-state index in [1.165, 1.54) is 12.8 Å². The van der Waals surface area contributed by atoms with Gasteiger partial charge in [0.05, 0.1) is 6.61 Å². The first-order chi connectivity index (χ1) is 9.29. The van der Waals surface area contributed by atoms with Gasteiger partial charge >= 0.3 is 0 Å². The van der Waals surface area contributed by atoms with Crippen LogP contribution in [0.1, 0.15) is 26.2 Å².